The van der Waals surface area contributed by atoms with Crippen molar-refractivity contribution in [1.29, 1.82) is 0 Å². The van der Waals surface area contributed by atoms with Crippen molar-refractivity contribution in [2.45, 2.75) is 25.7 Å². The van der Waals surface area contributed by atoms with Gasteiger partial charge in [0.25, 0.3) is 0 Å². The normalized spacial score (nSPS) is 29.0. The molecule has 3 nitrogen and oxygen atoms in total. The smallest absolute Gasteiger partial charge is 0.243 e. The van der Waals surface area contributed by atoms with Crippen LogP contribution in [0.25, 0.3) is 0 Å². The molecule has 0 spiro atoms. The average molecular weight is 277 g/mol. The summed E-state index contributed by atoms with van der Waals surface area (Å²) in [7, 11) is 0. The molecule has 2 atom stereocenters. The molecule has 0 aromatic heterocycles. The number of hydrazone groups is 1. The fraction of sp³-hybridized carbons (Fsp3) is 0.467. The van der Waals surface area contributed by atoms with Gasteiger partial charge >= 0.3 is 0 Å². The molecule has 0 saturated heterocycles. The number of benzene rings is 1. The second kappa shape index (κ2) is 5.33. The predicted octanol–water partition coefficient (Wildman–Crippen LogP) is 3.23. The zero-order chi connectivity index (χ0) is 13.2. The molecule has 0 aliphatic heterocycles. The molecule has 1 aromatic carbocycles. The number of nitrogens with one attached hydrogen (secondary N) is 1. The Kier molecular flexibility index (Phi) is 3.56. The molecule has 1 amide bonds. The highest BCUT2D eigenvalue weighted by Gasteiger charge is 2.54. The maximum atomic E-state index is 12.0. The number of halogens is 1. The van der Waals surface area contributed by atoms with Gasteiger partial charge in [0.15, 0.2) is 0 Å². The van der Waals surface area contributed by atoms with Gasteiger partial charge in [-0.3, -0.25) is 4.79 Å². The maximum absolute atomic E-state index is 12.0. The van der Waals surface area contributed by atoms with E-state index in [1.165, 1.54) is 25.7 Å². The van der Waals surface area contributed by atoms with E-state index in [1.54, 1.807) is 6.21 Å². The van der Waals surface area contributed by atoms with Crippen molar-refractivity contribution >= 4 is 23.7 Å². The molecule has 2 aliphatic rings. The zero-order valence-corrected chi connectivity index (χ0v) is 11.4. The van der Waals surface area contributed by atoms with Crippen molar-refractivity contribution in [3.8, 4) is 0 Å². The number of rotatable bonds is 3. The van der Waals surface area contributed by atoms with Crippen molar-refractivity contribution in [3.05, 3.63) is 34.9 Å². The lowest BCUT2D eigenvalue weighted by molar-refractivity contribution is -0.122. The first-order valence-electron chi connectivity index (χ1n) is 6.84. The summed E-state index contributed by atoms with van der Waals surface area (Å²) in [5, 5.41) is 4.69. The van der Waals surface area contributed by atoms with Crippen LogP contribution in [0.4, 0.5) is 0 Å². The van der Waals surface area contributed by atoms with Crippen LogP contribution >= 0.6 is 11.6 Å². The number of hydrogen-bond donors (Lipinski definition) is 1. The summed E-state index contributed by atoms with van der Waals surface area (Å²) in [6.07, 6.45) is 6.60. The molecule has 1 aromatic rings. The van der Waals surface area contributed by atoms with E-state index >= 15 is 0 Å². The van der Waals surface area contributed by atoms with E-state index < -0.39 is 0 Å². The van der Waals surface area contributed by atoms with E-state index in [9.17, 15) is 4.79 Å². The summed E-state index contributed by atoms with van der Waals surface area (Å²) in [6, 6.07) is 7.39. The van der Waals surface area contributed by atoms with Gasteiger partial charge in [-0.1, -0.05) is 36.6 Å². The molecule has 2 fully saturated rings. The predicted molar refractivity (Wildman–Crippen MR) is 76.1 cm³/mol. The Bertz CT molecular complexity index is 503. The SMILES string of the molecule is O=C(NN=Cc1cccc(Cl)c1)C1C2CCCCC21. The number of nitrogens with zero attached hydrogens (tertiary/aromatic N) is 1. The Morgan fingerprint density at radius 1 is 1.32 bits per heavy atom. The van der Waals surface area contributed by atoms with Crippen LogP contribution < -0.4 is 5.43 Å². The third-order valence-electron chi connectivity index (χ3n) is 4.20. The lowest BCUT2D eigenvalue weighted by Gasteiger charge is -2.04. The van der Waals surface area contributed by atoms with E-state index in [1.807, 2.05) is 24.3 Å². The Labute approximate surface area is 118 Å². The molecule has 0 bridgehead atoms. The third-order valence-corrected chi connectivity index (χ3v) is 4.43. The summed E-state index contributed by atoms with van der Waals surface area (Å²) in [5.74, 6) is 1.53. The number of fused-ring (bicyclic) bond motifs is 1. The molecular formula is C15H17ClN2O. The van der Waals surface area contributed by atoms with Crippen LogP contribution in [0.5, 0.6) is 0 Å². The number of carbonyl (C=O) groups excluding carboxylic acids is 1. The highest BCUT2D eigenvalue weighted by atomic mass is 35.5. The molecule has 1 N–H and O–H groups in total. The second-order valence-corrected chi connectivity index (χ2v) is 5.86. The van der Waals surface area contributed by atoms with Gasteiger partial charge in [0.2, 0.25) is 5.91 Å². The summed E-state index contributed by atoms with van der Waals surface area (Å²) < 4.78 is 0. The molecule has 0 radical (unpaired) electrons. The first kappa shape index (κ1) is 12.7. The number of carbonyl (C=O) groups is 1. The highest BCUT2D eigenvalue weighted by Crippen LogP contribution is 2.55. The molecular weight excluding hydrogens is 260 g/mol. The van der Waals surface area contributed by atoms with E-state index in [4.69, 9.17) is 11.6 Å². The molecule has 0 heterocycles. The van der Waals surface area contributed by atoms with Crippen molar-refractivity contribution < 1.29 is 4.79 Å². The Hall–Kier alpha value is -1.35. The van der Waals surface area contributed by atoms with Gasteiger partial charge in [-0.05, 0) is 42.4 Å². The van der Waals surface area contributed by atoms with Crippen LogP contribution in [0.15, 0.2) is 29.4 Å². The minimum Gasteiger partial charge on any atom is -0.273 e. The van der Waals surface area contributed by atoms with Crippen molar-refractivity contribution in [1.82, 2.24) is 5.43 Å². The Balaban J connectivity index is 1.54. The third kappa shape index (κ3) is 2.81. The molecule has 100 valence electrons. The van der Waals surface area contributed by atoms with Crippen LogP contribution in [0.2, 0.25) is 5.02 Å². The Morgan fingerprint density at radius 2 is 2.05 bits per heavy atom. The van der Waals surface area contributed by atoms with Crippen LogP contribution in [0.3, 0.4) is 0 Å². The van der Waals surface area contributed by atoms with Crippen molar-refractivity contribution in [3.63, 3.8) is 0 Å². The highest BCUT2D eigenvalue weighted by molar-refractivity contribution is 6.30. The van der Waals surface area contributed by atoms with Gasteiger partial charge < -0.3 is 0 Å². The fourth-order valence-corrected chi connectivity index (χ4v) is 3.41. The summed E-state index contributed by atoms with van der Waals surface area (Å²) >= 11 is 5.88. The zero-order valence-electron chi connectivity index (χ0n) is 10.7. The van der Waals surface area contributed by atoms with Gasteiger partial charge in [-0.2, -0.15) is 5.10 Å². The van der Waals surface area contributed by atoms with E-state index in [2.05, 4.69) is 10.5 Å². The lowest BCUT2D eigenvalue weighted by Crippen LogP contribution is -2.20. The van der Waals surface area contributed by atoms with Gasteiger partial charge in [0.05, 0.1) is 6.21 Å². The summed E-state index contributed by atoms with van der Waals surface area (Å²) in [6.45, 7) is 0. The van der Waals surface area contributed by atoms with Crippen LogP contribution in [0, 0.1) is 17.8 Å². The summed E-state index contributed by atoms with van der Waals surface area (Å²) in [4.78, 5) is 12.0. The van der Waals surface area contributed by atoms with Crippen LogP contribution in [-0.4, -0.2) is 12.1 Å². The van der Waals surface area contributed by atoms with Crippen molar-refractivity contribution in [2.24, 2.45) is 22.9 Å². The van der Waals surface area contributed by atoms with Gasteiger partial charge in [-0.15, -0.1) is 0 Å². The minimum atomic E-state index is 0.0789. The minimum absolute atomic E-state index is 0.0789. The van der Waals surface area contributed by atoms with Crippen LogP contribution in [0.1, 0.15) is 31.2 Å². The van der Waals surface area contributed by atoms with Gasteiger partial charge in [0, 0.05) is 10.9 Å². The molecule has 2 aliphatic carbocycles. The van der Waals surface area contributed by atoms with Crippen LogP contribution in [-0.2, 0) is 4.79 Å². The van der Waals surface area contributed by atoms with E-state index in [0.29, 0.717) is 16.9 Å². The van der Waals surface area contributed by atoms with Crippen molar-refractivity contribution in [2.75, 3.05) is 0 Å². The molecule has 3 rings (SSSR count). The quantitative estimate of drug-likeness (QED) is 0.668. The average Bonchev–Trinajstić information content (AvgIpc) is 3.13. The Morgan fingerprint density at radius 3 is 2.74 bits per heavy atom. The van der Waals surface area contributed by atoms with Gasteiger partial charge in [0.1, 0.15) is 0 Å². The number of amides is 1. The summed E-state index contributed by atoms with van der Waals surface area (Å²) in [5.41, 5.74) is 3.55. The second-order valence-electron chi connectivity index (χ2n) is 5.43. The molecule has 4 heteroatoms. The van der Waals surface area contributed by atoms with Gasteiger partial charge in [-0.25, -0.2) is 5.43 Å². The molecule has 2 saturated carbocycles. The first-order chi connectivity index (χ1) is 9.25. The molecule has 2 unspecified atom stereocenters. The standard InChI is InChI=1S/C15H17ClN2O/c16-11-5-3-4-10(8-11)9-17-18-15(19)14-12-6-1-2-7-13(12)14/h3-5,8-9,12-14H,1-2,6-7H2,(H,18,19). The monoisotopic (exact) mass is 276 g/mol. The molecule has 19 heavy (non-hydrogen) atoms. The number of hydrogen-bond acceptors (Lipinski definition) is 2. The first-order valence-corrected chi connectivity index (χ1v) is 7.22. The van der Waals surface area contributed by atoms with E-state index in [0.717, 1.165) is 5.56 Å². The largest absolute Gasteiger partial charge is 0.273 e. The topological polar surface area (TPSA) is 41.5 Å². The van der Waals surface area contributed by atoms with E-state index in [-0.39, 0.29) is 11.8 Å². The maximum Gasteiger partial charge on any atom is 0.243 e. The lowest BCUT2D eigenvalue weighted by atomic mass is 10.0. The fourth-order valence-electron chi connectivity index (χ4n) is 3.21.